The van der Waals surface area contributed by atoms with Gasteiger partial charge in [-0.3, -0.25) is 9.69 Å². The molecule has 0 aromatic carbocycles. The number of nitriles is 1. The Bertz CT molecular complexity index is 528. The van der Waals surface area contributed by atoms with E-state index in [9.17, 15) is 9.90 Å². The number of aromatic nitrogens is 1. The molecule has 20 heavy (non-hydrogen) atoms. The van der Waals surface area contributed by atoms with Crippen molar-refractivity contribution in [2.45, 2.75) is 32.7 Å². The van der Waals surface area contributed by atoms with Crippen LogP contribution in [0.1, 0.15) is 37.4 Å². The number of hydrogen-bond donors (Lipinski definition) is 1. The number of rotatable bonds is 4. The predicted octanol–water partition coefficient (Wildman–Crippen LogP) is 2.03. The van der Waals surface area contributed by atoms with Gasteiger partial charge in [-0.05, 0) is 50.0 Å². The van der Waals surface area contributed by atoms with Gasteiger partial charge in [-0.15, -0.1) is 0 Å². The molecule has 5 heteroatoms. The van der Waals surface area contributed by atoms with Crippen LogP contribution in [0.4, 0.5) is 0 Å². The monoisotopic (exact) mass is 273 g/mol. The van der Waals surface area contributed by atoms with E-state index in [1.807, 2.05) is 19.1 Å². The third-order valence-electron chi connectivity index (χ3n) is 4.29. The fourth-order valence-corrected chi connectivity index (χ4v) is 2.75. The highest BCUT2D eigenvalue weighted by atomic mass is 16.4. The molecular formula is C15H19N3O2. The molecule has 1 aliphatic heterocycles. The van der Waals surface area contributed by atoms with Crippen LogP contribution >= 0.6 is 0 Å². The maximum atomic E-state index is 11.4. The molecule has 0 spiro atoms. The summed E-state index contributed by atoms with van der Waals surface area (Å²) in [6, 6.07) is 5.73. The number of carboxylic acid groups (broad SMARTS) is 1. The van der Waals surface area contributed by atoms with Gasteiger partial charge in [-0.25, -0.2) is 4.98 Å². The number of hydrogen-bond acceptors (Lipinski definition) is 4. The molecule has 1 aliphatic rings. The molecule has 0 saturated carbocycles. The molecule has 1 aromatic heterocycles. The van der Waals surface area contributed by atoms with Crippen LogP contribution in [0.25, 0.3) is 0 Å². The summed E-state index contributed by atoms with van der Waals surface area (Å²) in [6.07, 6.45) is 3.71. The lowest BCUT2D eigenvalue weighted by molar-refractivity contribution is -0.152. The molecule has 1 saturated heterocycles. The Morgan fingerprint density at radius 1 is 1.55 bits per heavy atom. The molecule has 0 amide bonds. The van der Waals surface area contributed by atoms with E-state index in [0.29, 0.717) is 25.0 Å². The van der Waals surface area contributed by atoms with Gasteiger partial charge in [0.25, 0.3) is 0 Å². The van der Waals surface area contributed by atoms with Gasteiger partial charge >= 0.3 is 5.97 Å². The van der Waals surface area contributed by atoms with E-state index in [-0.39, 0.29) is 0 Å². The van der Waals surface area contributed by atoms with E-state index in [0.717, 1.165) is 25.2 Å². The van der Waals surface area contributed by atoms with Gasteiger partial charge in [-0.1, -0.05) is 6.92 Å². The van der Waals surface area contributed by atoms with E-state index in [4.69, 9.17) is 5.26 Å². The Kier molecular flexibility index (Phi) is 4.35. The molecule has 1 aromatic rings. The minimum atomic E-state index is -0.671. The number of carboxylic acids is 1. The Morgan fingerprint density at radius 3 is 2.80 bits per heavy atom. The van der Waals surface area contributed by atoms with Gasteiger partial charge in [0.05, 0.1) is 5.41 Å². The topological polar surface area (TPSA) is 77.2 Å². The van der Waals surface area contributed by atoms with Gasteiger partial charge in [0.15, 0.2) is 0 Å². The molecule has 0 unspecified atom stereocenters. The molecule has 0 aliphatic carbocycles. The van der Waals surface area contributed by atoms with E-state index in [1.165, 1.54) is 0 Å². The SMILES string of the molecule is CCC1(C(=O)O)CCN(Cc2ccnc(C#N)c2)CC1. The number of likely N-dealkylation sites (tertiary alicyclic amines) is 1. The second kappa shape index (κ2) is 6.02. The van der Waals surface area contributed by atoms with Gasteiger partial charge in [0.2, 0.25) is 0 Å². The third-order valence-corrected chi connectivity index (χ3v) is 4.29. The Hall–Kier alpha value is -1.93. The molecule has 2 rings (SSSR count). The summed E-state index contributed by atoms with van der Waals surface area (Å²) in [4.78, 5) is 17.6. The molecule has 1 fully saturated rings. The summed E-state index contributed by atoms with van der Waals surface area (Å²) in [5.41, 5.74) is 0.927. The first-order valence-electron chi connectivity index (χ1n) is 6.90. The number of pyridine rings is 1. The van der Waals surface area contributed by atoms with E-state index in [1.54, 1.807) is 12.3 Å². The quantitative estimate of drug-likeness (QED) is 0.908. The van der Waals surface area contributed by atoms with Crippen LogP contribution in [0, 0.1) is 16.7 Å². The lowest BCUT2D eigenvalue weighted by Crippen LogP contribution is -2.43. The van der Waals surface area contributed by atoms with Crippen molar-refractivity contribution >= 4 is 5.97 Å². The average molecular weight is 273 g/mol. The van der Waals surface area contributed by atoms with Crippen LogP contribution in [0.15, 0.2) is 18.3 Å². The fraction of sp³-hybridized carbons (Fsp3) is 0.533. The summed E-state index contributed by atoms with van der Waals surface area (Å²) in [5, 5.41) is 18.2. The standard InChI is InChI=1S/C15H19N3O2/c1-2-15(14(19)20)4-7-18(8-5-15)11-12-3-6-17-13(9-12)10-16/h3,6,9H,2,4-5,7-8,11H2,1H3,(H,19,20). The zero-order valence-corrected chi connectivity index (χ0v) is 11.7. The number of carbonyl (C=O) groups is 1. The zero-order chi connectivity index (χ0) is 14.6. The second-order valence-electron chi connectivity index (χ2n) is 5.38. The zero-order valence-electron chi connectivity index (χ0n) is 11.7. The molecule has 106 valence electrons. The van der Waals surface area contributed by atoms with Crippen molar-refractivity contribution in [3.63, 3.8) is 0 Å². The minimum absolute atomic E-state index is 0.424. The maximum Gasteiger partial charge on any atom is 0.309 e. The molecule has 0 radical (unpaired) electrons. The van der Waals surface area contributed by atoms with Crippen molar-refractivity contribution in [3.05, 3.63) is 29.6 Å². The van der Waals surface area contributed by atoms with Crippen molar-refractivity contribution in [1.29, 1.82) is 5.26 Å². The van der Waals surface area contributed by atoms with Gasteiger partial charge in [0, 0.05) is 12.7 Å². The summed E-state index contributed by atoms with van der Waals surface area (Å²) in [6.45, 7) is 4.26. The number of nitrogens with zero attached hydrogens (tertiary/aromatic N) is 3. The molecule has 0 atom stereocenters. The van der Waals surface area contributed by atoms with Crippen LogP contribution in [0.3, 0.4) is 0 Å². The van der Waals surface area contributed by atoms with E-state index in [2.05, 4.69) is 9.88 Å². The van der Waals surface area contributed by atoms with Crippen molar-refractivity contribution in [1.82, 2.24) is 9.88 Å². The van der Waals surface area contributed by atoms with Crippen LogP contribution in [-0.2, 0) is 11.3 Å². The first-order valence-corrected chi connectivity index (χ1v) is 6.90. The summed E-state index contributed by atoms with van der Waals surface area (Å²) in [7, 11) is 0. The first kappa shape index (κ1) is 14.5. The predicted molar refractivity (Wildman–Crippen MR) is 73.8 cm³/mol. The van der Waals surface area contributed by atoms with Crippen molar-refractivity contribution in [2.75, 3.05) is 13.1 Å². The highest BCUT2D eigenvalue weighted by Crippen LogP contribution is 2.35. The van der Waals surface area contributed by atoms with Crippen molar-refractivity contribution in [2.24, 2.45) is 5.41 Å². The Balaban J connectivity index is 1.98. The largest absolute Gasteiger partial charge is 0.481 e. The second-order valence-corrected chi connectivity index (χ2v) is 5.38. The highest BCUT2D eigenvalue weighted by molar-refractivity contribution is 5.74. The third kappa shape index (κ3) is 2.97. The normalized spacial score (nSPS) is 18.4. The van der Waals surface area contributed by atoms with Crippen LogP contribution in [-0.4, -0.2) is 34.0 Å². The molecule has 1 N–H and O–H groups in total. The summed E-state index contributed by atoms with van der Waals surface area (Å²) >= 11 is 0. The maximum absolute atomic E-state index is 11.4. The van der Waals surface area contributed by atoms with Crippen LogP contribution < -0.4 is 0 Å². The van der Waals surface area contributed by atoms with Crippen LogP contribution in [0.5, 0.6) is 0 Å². The smallest absolute Gasteiger partial charge is 0.309 e. The fourth-order valence-electron chi connectivity index (χ4n) is 2.75. The first-order chi connectivity index (χ1) is 9.59. The summed E-state index contributed by atoms with van der Waals surface area (Å²) < 4.78 is 0. The Morgan fingerprint density at radius 2 is 2.25 bits per heavy atom. The Labute approximate surface area is 118 Å². The molecule has 5 nitrogen and oxygen atoms in total. The molecule has 2 heterocycles. The van der Waals surface area contributed by atoms with Gasteiger partial charge < -0.3 is 5.11 Å². The van der Waals surface area contributed by atoms with E-state index >= 15 is 0 Å². The summed E-state index contributed by atoms with van der Waals surface area (Å²) in [5.74, 6) is -0.671. The number of piperidine rings is 1. The van der Waals surface area contributed by atoms with Crippen molar-refractivity contribution < 1.29 is 9.90 Å². The lowest BCUT2D eigenvalue weighted by Gasteiger charge is -2.38. The molecular weight excluding hydrogens is 254 g/mol. The highest BCUT2D eigenvalue weighted by Gasteiger charge is 2.39. The minimum Gasteiger partial charge on any atom is -0.481 e. The lowest BCUT2D eigenvalue weighted by atomic mass is 9.76. The van der Waals surface area contributed by atoms with Crippen LogP contribution in [0.2, 0.25) is 0 Å². The average Bonchev–Trinajstić information content (AvgIpc) is 2.48. The van der Waals surface area contributed by atoms with Gasteiger partial charge in [-0.2, -0.15) is 5.26 Å². The number of aliphatic carboxylic acids is 1. The molecule has 0 bridgehead atoms. The van der Waals surface area contributed by atoms with Crippen molar-refractivity contribution in [3.8, 4) is 6.07 Å². The van der Waals surface area contributed by atoms with Gasteiger partial charge in [0.1, 0.15) is 11.8 Å². The van der Waals surface area contributed by atoms with E-state index < -0.39 is 11.4 Å².